The van der Waals surface area contributed by atoms with Gasteiger partial charge in [0.2, 0.25) is 0 Å². The monoisotopic (exact) mass is 627 g/mol. The number of nitriles is 1. The van der Waals surface area contributed by atoms with Gasteiger partial charge in [-0.3, -0.25) is 0 Å². The van der Waals surface area contributed by atoms with E-state index in [9.17, 15) is 0 Å². The predicted molar refractivity (Wildman–Crippen MR) is 156 cm³/mol. The molecular weight excluding hydrogens is 585 g/mol. The van der Waals surface area contributed by atoms with Gasteiger partial charge < -0.3 is 14.4 Å². The molecule has 0 spiro atoms. The number of anilines is 1. The molecule has 2 aromatic rings. The van der Waals surface area contributed by atoms with Crippen molar-refractivity contribution in [1.82, 2.24) is 14.6 Å². The van der Waals surface area contributed by atoms with Gasteiger partial charge in [-0.25, -0.2) is 4.98 Å². The highest BCUT2D eigenvalue weighted by atomic mass is 127. The van der Waals surface area contributed by atoms with E-state index in [1.165, 1.54) is 0 Å². The molecule has 0 saturated heterocycles. The van der Waals surface area contributed by atoms with Crippen LogP contribution in [0.1, 0.15) is 37.3 Å². The Labute approximate surface area is 226 Å². The molecule has 194 valence electrons. The quantitative estimate of drug-likeness (QED) is 0.108. The molecule has 10 heteroatoms. The van der Waals surface area contributed by atoms with Crippen molar-refractivity contribution in [2.24, 2.45) is 5.92 Å². The van der Waals surface area contributed by atoms with Crippen LogP contribution < -0.4 is 4.90 Å². The Balaban J connectivity index is 1.84. The van der Waals surface area contributed by atoms with Gasteiger partial charge in [0.15, 0.2) is 5.65 Å². The van der Waals surface area contributed by atoms with Crippen molar-refractivity contribution in [3.05, 3.63) is 21.5 Å². The van der Waals surface area contributed by atoms with Crippen molar-refractivity contribution in [2.45, 2.75) is 83.0 Å². The van der Waals surface area contributed by atoms with Crippen LogP contribution in [0.4, 0.5) is 5.82 Å². The molecule has 35 heavy (non-hydrogen) atoms. The molecule has 7 nitrogen and oxygen atoms in total. The number of fused-ring (bicyclic) bond motifs is 1. The zero-order valence-corrected chi connectivity index (χ0v) is 26.5. The summed E-state index contributed by atoms with van der Waals surface area (Å²) in [5, 5.41) is 13.8. The second-order valence-electron chi connectivity index (χ2n) is 12.2. The van der Waals surface area contributed by atoms with E-state index in [4.69, 9.17) is 19.7 Å². The third-order valence-electron chi connectivity index (χ3n) is 6.58. The van der Waals surface area contributed by atoms with E-state index in [0.717, 1.165) is 65.3 Å². The molecule has 3 rings (SSSR count). The molecule has 2 unspecified atom stereocenters. The molecule has 2 heterocycles. The fraction of sp³-hybridized carbons (Fsp3) is 0.720. The summed E-state index contributed by atoms with van der Waals surface area (Å²) < 4.78 is 15.3. The second kappa shape index (κ2) is 12.5. The average molecular weight is 628 g/mol. The van der Waals surface area contributed by atoms with E-state index < -0.39 is 16.1 Å². The Kier molecular flexibility index (Phi) is 10.2. The summed E-state index contributed by atoms with van der Waals surface area (Å²) in [5.74, 6) is 1.82. The fourth-order valence-electron chi connectivity index (χ4n) is 4.31. The van der Waals surface area contributed by atoms with E-state index in [2.05, 4.69) is 84.0 Å². The van der Waals surface area contributed by atoms with Crippen molar-refractivity contribution in [2.75, 3.05) is 31.6 Å². The normalized spacial score (nSPS) is 18.8. The van der Waals surface area contributed by atoms with Crippen molar-refractivity contribution in [3.63, 3.8) is 0 Å². The summed E-state index contributed by atoms with van der Waals surface area (Å²) in [7, 11) is -2.33. The van der Waals surface area contributed by atoms with Crippen molar-refractivity contribution in [1.29, 1.82) is 5.26 Å². The molecular formula is C25H42IN5O2Si2. The van der Waals surface area contributed by atoms with Gasteiger partial charge in [0.1, 0.15) is 19.3 Å². The number of aromatic nitrogens is 3. The van der Waals surface area contributed by atoms with Crippen LogP contribution in [0.3, 0.4) is 0 Å². The van der Waals surface area contributed by atoms with E-state index in [-0.39, 0.29) is 0 Å². The third-order valence-corrected chi connectivity index (χ3v) is 10.7. The first kappa shape index (κ1) is 28.6. The Morgan fingerprint density at radius 2 is 1.71 bits per heavy atom. The van der Waals surface area contributed by atoms with Crippen LogP contribution >= 0.6 is 22.6 Å². The van der Waals surface area contributed by atoms with Gasteiger partial charge in [0.25, 0.3) is 0 Å². The maximum atomic E-state index is 9.15. The molecule has 0 N–H and O–H groups in total. The zero-order chi connectivity index (χ0) is 25.6. The molecule has 1 aliphatic rings. The van der Waals surface area contributed by atoms with Gasteiger partial charge in [-0.15, -0.1) is 0 Å². The number of hydrogen-bond donors (Lipinski definition) is 0. The molecule has 1 aliphatic carbocycles. The summed E-state index contributed by atoms with van der Waals surface area (Å²) >= 11 is 2.32. The molecule has 0 amide bonds. The SMILES string of the molecule is C[Si](C)(C)CCOCN(COCC[Si](C)(C)C)c1cc(C2CCC(CC#N)C2)nc2c(I)cnn12. The first-order valence-electron chi connectivity index (χ1n) is 12.8. The molecule has 0 bridgehead atoms. The third kappa shape index (κ3) is 8.81. The number of rotatable bonds is 13. The molecule has 1 fully saturated rings. The highest BCUT2D eigenvalue weighted by molar-refractivity contribution is 14.1. The lowest BCUT2D eigenvalue weighted by Crippen LogP contribution is -2.33. The minimum atomic E-state index is -1.16. The summed E-state index contributed by atoms with van der Waals surface area (Å²) in [6, 6.07) is 6.80. The van der Waals surface area contributed by atoms with Crippen LogP contribution in [0.15, 0.2) is 12.3 Å². The molecule has 0 aromatic carbocycles. The van der Waals surface area contributed by atoms with E-state index >= 15 is 0 Å². The van der Waals surface area contributed by atoms with Gasteiger partial charge in [0.05, 0.1) is 15.8 Å². The van der Waals surface area contributed by atoms with Crippen molar-refractivity contribution >= 4 is 50.2 Å². The van der Waals surface area contributed by atoms with Crippen LogP contribution in [-0.4, -0.2) is 57.4 Å². The maximum Gasteiger partial charge on any atom is 0.171 e. The van der Waals surface area contributed by atoms with Crippen molar-refractivity contribution in [3.8, 4) is 6.07 Å². The van der Waals surface area contributed by atoms with Crippen LogP contribution in [0.25, 0.3) is 5.65 Å². The number of hydrogen-bond acceptors (Lipinski definition) is 6. The molecule has 2 aromatic heterocycles. The Morgan fingerprint density at radius 3 is 2.29 bits per heavy atom. The van der Waals surface area contributed by atoms with Crippen LogP contribution in [0.5, 0.6) is 0 Å². The summed E-state index contributed by atoms with van der Waals surface area (Å²) in [6.07, 6.45) is 5.72. The van der Waals surface area contributed by atoms with Crippen LogP contribution in [0, 0.1) is 20.8 Å². The number of nitrogens with zero attached hydrogens (tertiary/aromatic N) is 5. The molecule has 2 atom stereocenters. The smallest absolute Gasteiger partial charge is 0.171 e. The second-order valence-corrected chi connectivity index (χ2v) is 24.6. The minimum Gasteiger partial charge on any atom is -0.361 e. The highest BCUT2D eigenvalue weighted by Gasteiger charge is 2.29. The minimum absolute atomic E-state index is 0.380. The summed E-state index contributed by atoms with van der Waals surface area (Å²) in [5.41, 5.74) is 1.98. The summed E-state index contributed by atoms with van der Waals surface area (Å²) in [4.78, 5) is 7.19. The van der Waals surface area contributed by atoms with Crippen LogP contribution in [-0.2, 0) is 9.47 Å². The first-order valence-corrected chi connectivity index (χ1v) is 21.3. The zero-order valence-electron chi connectivity index (χ0n) is 22.3. The Morgan fingerprint density at radius 1 is 1.09 bits per heavy atom. The standard InChI is InChI=1S/C25H42IN5O2Si2/c1-34(2,3)13-11-32-18-30(19-33-12-14-35(4,5)6)24-16-23(21-8-7-20(15-21)9-10-27)29-25-22(26)17-28-31(24)25/h16-17,20-21H,7-9,11-15,18-19H2,1-6H3. The predicted octanol–water partition coefficient (Wildman–Crippen LogP) is 6.56. The van der Waals surface area contributed by atoms with Gasteiger partial charge in [-0.2, -0.15) is 14.9 Å². The molecule has 0 radical (unpaired) electrons. The van der Waals surface area contributed by atoms with Gasteiger partial charge in [-0.05, 0) is 59.9 Å². The Hall–Kier alpha value is -1.01. The topological polar surface area (TPSA) is 75.7 Å². The van der Waals surface area contributed by atoms with Crippen LogP contribution in [0.2, 0.25) is 51.4 Å². The Bertz CT molecular complexity index is 990. The average Bonchev–Trinajstić information content (AvgIpc) is 3.38. The van der Waals surface area contributed by atoms with Gasteiger partial charge >= 0.3 is 0 Å². The van der Waals surface area contributed by atoms with E-state index in [0.29, 0.717) is 31.7 Å². The van der Waals surface area contributed by atoms with E-state index in [1.54, 1.807) is 0 Å². The van der Waals surface area contributed by atoms with Gasteiger partial charge in [-0.1, -0.05) is 39.3 Å². The molecule has 1 saturated carbocycles. The lowest BCUT2D eigenvalue weighted by molar-refractivity contribution is 0.0942. The highest BCUT2D eigenvalue weighted by Crippen LogP contribution is 2.40. The molecule has 0 aliphatic heterocycles. The lowest BCUT2D eigenvalue weighted by Gasteiger charge is -2.27. The first-order chi connectivity index (χ1) is 16.5. The fourth-order valence-corrected chi connectivity index (χ4v) is 6.29. The summed E-state index contributed by atoms with van der Waals surface area (Å²) in [6.45, 7) is 16.7. The number of ether oxygens (including phenoxy) is 2. The van der Waals surface area contributed by atoms with Gasteiger partial charge in [0, 0.05) is 53.5 Å². The largest absolute Gasteiger partial charge is 0.361 e. The number of halogens is 1. The van der Waals surface area contributed by atoms with E-state index in [1.807, 2.05) is 10.7 Å². The van der Waals surface area contributed by atoms with Crippen molar-refractivity contribution < 1.29 is 9.47 Å². The lowest BCUT2D eigenvalue weighted by atomic mass is 9.99. The maximum absolute atomic E-state index is 9.15.